The van der Waals surface area contributed by atoms with Crippen molar-refractivity contribution in [2.24, 2.45) is 0 Å². The SMILES string of the molecule is CCCCC(=O)OC[C@H]1O[C@@H](n2cnc3c(N)ncnc32)[C@@H](O)[C@@H]1O. The molecule has 2 aromatic rings. The average Bonchev–Trinajstić information content (AvgIpc) is 3.15. The van der Waals surface area contributed by atoms with Crippen LogP contribution in [0.3, 0.4) is 0 Å². The summed E-state index contributed by atoms with van der Waals surface area (Å²) >= 11 is 0. The van der Waals surface area contributed by atoms with Crippen LogP contribution in [0.4, 0.5) is 5.82 Å². The third-order valence-electron chi connectivity index (χ3n) is 4.14. The number of carbonyl (C=O) groups excluding carboxylic acids is 1. The van der Waals surface area contributed by atoms with E-state index in [0.717, 1.165) is 12.8 Å². The molecule has 1 aliphatic heterocycles. The number of fused-ring (bicyclic) bond motifs is 1. The maximum absolute atomic E-state index is 11.6. The van der Waals surface area contributed by atoms with Gasteiger partial charge in [-0.3, -0.25) is 9.36 Å². The number of hydrogen-bond donors (Lipinski definition) is 3. The number of esters is 1. The second-order valence-electron chi connectivity index (χ2n) is 5.92. The van der Waals surface area contributed by atoms with Crippen LogP contribution < -0.4 is 5.73 Å². The molecule has 3 rings (SSSR count). The Bertz CT molecular complexity index is 751. The first kappa shape index (κ1) is 17.5. The summed E-state index contributed by atoms with van der Waals surface area (Å²) in [6.45, 7) is 1.84. The van der Waals surface area contributed by atoms with E-state index in [1.807, 2.05) is 6.92 Å². The quantitative estimate of drug-likeness (QED) is 0.600. The van der Waals surface area contributed by atoms with Crippen molar-refractivity contribution in [1.29, 1.82) is 0 Å². The number of aliphatic hydroxyl groups excluding tert-OH is 2. The van der Waals surface area contributed by atoms with E-state index in [2.05, 4.69) is 15.0 Å². The lowest BCUT2D eigenvalue weighted by Gasteiger charge is -2.16. The molecule has 1 aliphatic rings. The van der Waals surface area contributed by atoms with E-state index >= 15 is 0 Å². The zero-order valence-electron chi connectivity index (χ0n) is 13.8. The van der Waals surface area contributed by atoms with Crippen LogP contribution in [0.15, 0.2) is 12.7 Å². The van der Waals surface area contributed by atoms with Crippen LogP contribution in [0.2, 0.25) is 0 Å². The molecule has 1 fully saturated rings. The summed E-state index contributed by atoms with van der Waals surface area (Å²) in [4.78, 5) is 23.7. The number of imidazole rings is 1. The highest BCUT2D eigenvalue weighted by Gasteiger charge is 2.44. The van der Waals surface area contributed by atoms with E-state index in [-0.39, 0.29) is 18.4 Å². The summed E-state index contributed by atoms with van der Waals surface area (Å²) in [6.07, 6.45) is 0.418. The summed E-state index contributed by atoms with van der Waals surface area (Å²) in [6, 6.07) is 0. The zero-order valence-corrected chi connectivity index (χ0v) is 13.8. The number of aromatic nitrogens is 4. The van der Waals surface area contributed by atoms with E-state index in [1.54, 1.807) is 0 Å². The van der Waals surface area contributed by atoms with Gasteiger partial charge >= 0.3 is 5.97 Å². The molecular weight excluding hydrogens is 330 g/mol. The molecule has 10 heteroatoms. The maximum Gasteiger partial charge on any atom is 0.305 e. The van der Waals surface area contributed by atoms with E-state index < -0.39 is 24.5 Å². The van der Waals surface area contributed by atoms with Gasteiger partial charge in [0.25, 0.3) is 0 Å². The van der Waals surface area contributed by atoms with Crippen LogP contribution in [0.5, 0.6) is 0 Å². The number of hydrogen-bond acceptors (Lipinski definition) is 9. The number of ether oxygens (including phenoxy) is 2. The number of nitrogens with two attached hydrogens (primary N) is 1. The van der Waals surface area contributed by atoms with Crippen LogP contribution in [0.25, 0.3) is 11.2 Å². The van der Waals surface area contributed by atoms with Gasteiger partial charge in [0.2, 0.25) is 0 Å². The van der Waals surface area contributed by atoms with Gasteiger partial charge in [-0.05, 0) is 6.42 Å². The van der Waals surface area contributed by atoms with Crippen LogP contribution in [-0.4, -0.2) is 60.6 Å². The molecule has 0 aromatic carbocycles. The number of nitrogens with zero attached hydrogens (tertiary/aromatic N) is 4. The van der Waals surface area contributed by atoms with Gasteiger partial charge in [-0.1, -0.05) is 13.3 Å². The molecular formula is C15H21N5O5. The molecule has 2 aromatic heterocycles. The fourth-order valence-electron chi connectivity index (χ4n) is 2.72. The summed E-state index contributed by atoms with van der Waals surface area (Å²) in [5.41, 5.74) is 6.50. The Hall–Kier alpha value is -2.30. The molecule has 0 spiro atoms. The third-order valence-corrected chi connectivity index (χ3v) is 4.14. The Morgan fingerprint density at radius 2 is 2.16 bits per heavy atom. The molecule has 0 bridgehead atoms. The number of nitrogen functional groups attached to an aromatic ring is 1. The molecule has 3 heterocycles. The molecule has 0 amide bonds. The number of unbranched alkanes of at least 4 members (excludes halogenated alkanes) is 1. The summed E-state index contributed by atoms with van der Waals surface area (Å²) in [5, 5.41) is 20.5. The highest BCUT2D eigenvalue weighted by Crippen LogP contribution is 2.32. The van der Waals surface area contributed by atoms with Gasteiger partial charge in [-0.15, -0.1) is 0 Å². The Morgan fingerprint density at radius 1 is 1.36 bits per heavy atom. The second kappa shape index (κ2) is 7.30. The number of anilines is 1. The monoisotopic (exact) mass is 351 g/mol. The van der Waals surface area contributed by atoms with Crippen molar-refractivity contribution in [1.82, 2.24) is 19.5 Å². The molecule has 25 heavy (non-hydrogen) atoms. The lowest BCUT2D eigenvalue weighted by molar-refractivity contribution is -0.150. The van der Waals surface area contributed by atoms with Crippen molar-refractivity contribution >= 4 is 23.0 Å². The van der Waals surface area contributed by atoms with Crippen molar-refractivity contribution in [2.75, 3.05) is 12.3 Å². The Labute approximate surface area is 143 Å². The molecule has 0 aliphatic carbocycles. The summed E-state index contributed by atoms with van der Waals surface area (Å²) in [5.74, 6) is -0.151. The predicted octanol–water partition coefficient (Wildman–Crippen LogP) is -0.239. The largest absolute Gasteiger partial charge is 0.463 e. The minimum absolute atomic E-state index is 0.138. The fourth-order valence-corrected chi connectivity index (χ4v) is 2.72. The van der Waals surface area contributed by atoms with Gasteiger partial charge in [0.15, 0.2) is 17.7 Å². The van der Waals surface area contributed by atoms with E-state index in [1.165, 1.54) is 17.2 Å². The fraction of sp³-hybridized carbons (Fsp3) is 0.600. The molecule has 0 radical (unpaired) electrons. The van der Waals surface area contributed by atoms with E-state index in [4.69, 9.17) is 15.2 Å². The zero-order chi connectivity index (χ0) is 18.0. The van der Waals surface area contributed by atoms with Gasteiger partial charge in [0.1, 0.15) is 36.8 Å². The highest BCUT2D eigenvalue weighted by atomic mass is 16.6. The first-order valence-electron chi connectivity index (χ1n) is 8.13. The first-order chi connectivity index (χ1) is 12.0. The topological polar surface area (TPSA) is 146 Å². The smallest absolute Gasteiger partial charge is 0.305 e. The molecule has 1 saturated heterocycles. The van der Waals surface area contributed by atoms with Gasteiger partial charge in [0, 0.05) is 6.42 Å². The van der Waals surface area contributed by atoms with Crippen molar-refractivity contribution in [3.63, 3.8) is 0 Å². The van der Waals surface area contributed by atoms with Gasteiger partial charge in [-0.25, -0.2) is 15.0 Å². The minimum Gasteiger partial charge on any atom is -0.463 e. The van der Waals surface area contributed by atoms with Crippen molar-refractivity contribution in [3.05, 3.63) is 12.7 Å². The number of rotatable bonds is 6. The molecule has 4 N–H and O–H groups in total. The normalized spacial score (nSPS) is 26.2. The second-order valence-corrected chi connectivity index (χ2v) is 5.92. The van der Waals surface area contributed by atoms with Gasteiger partial charge < -0.3 is 25.4 Å². The highest BCUT2D eigenvalue weighted by molar-refractivity contribution is 5.81. The maximum atomic E-state index is 11.6. The molecule has 136 valence electrons. The van der Waals surface area contributed by atoms with Crippen molar-refractivity contribution in [3.8, 4) is 0 Å². The Morgan fingerprint density at radius 3 is 2.92 bits per heavy atom. The minimum atomic E-state index is -1.23. The molecule has 0 unspecified atom stereocenters. The van der Waals surface area contributed by atoms with Crippen LogP contribution >= 0.6 is 0 Å². The molecule has 10 nitrogen and oxygen atoms in total. The number of carbonyl (C=O) groups is 1. The van der Waals surface area contributed by atoms with E-state index in [9.17, 15) is 15.0 Å². The first-order valence-corrected chi connectivity index (χ1v) is 8.13. The van der Waals surface area contributed by atoms with Crippen LogP contribution in [-0.2, 0) is 14.3 Å². The standard InChI is InChI=1S/C15H21N5O5/c1-2-3-4-9(21)24-5-8-11(22)12(23)15(25-8)20-7-19-10-13(16)17-6-18-14(10)20/h6-8,11-12,15,22-23H,2-5H2,1H3,(H2,16,17,18)/t8-,11-,12+,15-/m1/s1. The average molecular weight is 351 g/mol. The van der Waals surface area contributed by atoms with Crippen LogP contribution in [0, 0.1) is 0 Å². The summed E-state index contributed by atoms with van der Waals surface area (Å²) in [7, 11) is 0. The van der Waals surface area contributed by atoms with E-state index in [0.29, 0.717) is 17.6 Å². The van der Waals surface area contributed by atoms with Gasteiger partial charge in [-0.2, -0.15) is 0 Å². The summed E-state index contributed by atoms with van der Waals surface area (Å²) < 4.78 is 12.3. The van der Waals surface area contributed by atoms with Crippen LogP contribution in [0.1, 0.15) is 32.4 Å². The van der Waals surface area contributed by atoms with Crippen molar-refractivity contribution in [2.45, 2.75) is 50.7 Å². The lowest BCUT2D eigenvalue weighted by atomic mass is 10.1. The van der Waals surface area contributed by atoms with Crippen molar-refractivity contribution < 1.29 is 24.5 Å². The van der Waals surface area contributed by atoms with Gasteiger partial charge in [0.05, 0.1) is 6.33 Å². The predicted molar refractivity (Wildman–Crippen MR) is 86.1 cm³/mol. The molecule has 4 atom stereocenters. The number of aliphatic hydroxyl groups is 2. The third kappa shape index (κ3) is 3.41. The Balaban J connectivity index is 1.71. The lowest BCUT2D eigenvalue weighted by Crippen LogP contribution is -2.34. The Kier molecular flexibility index (Phi) is 5.11. The molecule has 0 saturated carbocycles.